The van der Waals surface area contributed by atoms with E-state index in [1.807, 2.05) is 38.1 Å². The second kappa shape index (κ2) is 7.11. The van der Waals surface area contributed by atoms with E-state index in [1.165, 1.54) is 0 Å². The van der Waals surface area contributed by atoms with Crippen LogP contribution in [0.3, 0.4) is 0 Å². The summed E-state index contributed by atoms with van der Waals surface area (Å²) in [6, 6.07) is 7.65. The molecule has 2 N–H and O–H groups in total. The van der Waals surface area contributed by atoms with Crippen LogP contribution in [0.15, 0.2) is 24.3 Å². The Hall–Kier alpha value is -2.04. The molecule has 0 unspecified atom stereocenters. The van der Waals surface area contributed by atoms with E-state index >= 15 is 0 Å². The molecule has 0 radical (unpaired) electrons. The van der Waals surface area contributed by atoms with Gasteiger partial charge in [-0.25, -0.2) is 0 Å². The number of rotatable bonds is 5. The van der Waals surface area contributed by atoms with Crippen molar-refractivity contribution in [2.24, 2.45) is 0 Å². The average molecular weight is 290 g/mol. The van der Waals surface area contributed by atoms with Crippen molar-refractivity contribution in [3.05, 3.63) is 29.8 Å². The Kier molecular flexibility index (Phi) is 5.20. The van der Waals surface area contributed by atoms with Crippen LogP contribution >= 0.6 is 0 Å². The summed E-state index contributed by atoms with van der Waals surface area (Å²) in [5.74, 6) is 0.623. The minimum absolute atomic E-state index is 0.00893. The molecule has 2 amide bonds. The van der Waals surface area contributed by atoms with E-state index in [4.69, 9.17) is 4.74 Å². The number of amides is 2. The minimum atomic E-state index is -0.510. The van der Waals surface area contributed by atoms with Gasteiger partial charge in [0.15, 0.2) is 6.10 Å². The van der Waals surface area contributed by atoms with Gasteiger partial charge in [-0.1, -0.05) is 19.1 Å². The van der Waals surface area contributed by atoms with E-state index in [-0.39, 0.29) is 17.9 Å². The number of aryl methyl sites for hydroxylation is 1. The van der Waals surface area contributed by atoms with Crippen molar-refractivity contribution in [1.82, 2.24) is 10.6 Å². The Bertz CT molecular complexity index is 506. The van der Waals surface area contributed by atoms with Gasteiger partial charge in [-0.15, -0.1) is 0 Å². The predicted molar refractivity (Wildman–Crippen MR) is 80.1 cm³/mol. The van der Waals surface area contributed by atoms with Gasteiger partial charge in [0.05, 0.1) is 0 Å². The first-order valence-electron chi connectivity index (χ1n) is 7.39. The maximum atomic E-state index is 12.3. The maximum Gasteiger partial charge on any atom is 0.261 e. The maximum absolute atomic E-state index is 12.3. The van der Waals surface area contributed by atoms with Gasteiger partial charge in [-0.3, -0.25) is 9.59 Å². The third-order valence-electron chi connectivity index (χ3n) is 3.54. The third kappa shape index (κ3) is 4.48. The van der Waals surface area contributed by atoms with E-state index in [1.54, 1.807) is 0 Å². The summed E-state index contributed by atoms with van der Waals surface area (Å²) in [5, 5.41) is 5.70. The molecule has 21 heavy (non-hydrogen) atoms. The summed E-state index contributed by atoms with van der Waals surface area (Å²) in [7, 11) is 0. The van der Waals surface area contributed by atoms with Crippen molar-refractivity contribution in [1.29, 1.82) is 0 Å². The number of hydrogen-bond acceptors (Lipinski definition) is 3. The van der Waals surface area contributed by atoms with Crippen molar-refractivity contribution in [3.8, 4) is 5.75 Å². The lowest BCUT2D eigenvalue weighted by Crippen LogP contribution is -2.51. The van der Waals surface area contributed by atoms with Crippen molar-refractivity contribution in [3.63, 3.8) is 0 Å². The number of piperidine rings is 1. The van der Waals surface area contributed by atoms with Crippen LogP contribution in [0.25, 0.3) is 0 Å². The van der Waals surface area contributed by atoms with Gasteiger partial charge in [-0.05, 0) is 37.5 Å². The van der Waals surface area contributed by atoms with Crippen molar-refractivity contribution < 1.29 is 14.3 Å². The van der Waals surface area contributed by atoms with Crippen molar-refractivity contribution >= 4 is 11.8 Å². The molecule has 0 aromatic heterocycles. The Morgan fingerprint density at radius 3 is 2.95 bits per heavy atom. The highest BCUT2D eigenvalue weighted by atomic mass is 16.5. The molecule has 5 nitrogen and oxygen atoms in total. The first-order chi connectivity index (χ1) is 10.1. The fourth-order valence-electron chi connectivity index (χ4n) is 2.33. The molecule has 1 aromatic carbocycles. The van der Waals surface area contributed by atoms with E-state index in [0.717, 1.165) is 5.56 Å². The van der Waals surface area contributed by atoms with Crippen LogP contribution < -0.4 is 15.4 Å². The standard InChI is InChI=1S/C16H22N2O3/c1-3-14(21-13-6-4-5-11(2)9-13)16(20)18-12-7-8-15(19)17-10-12/h4-6,9,12,14H,3,7-8,10H2,1-2H3,(H,17,19)(H,18,20)/t12-,14-/m1/s1. The first kappa shape index (κ1) is 15.4. The molecular formula is C16H22N2O3. The van der Waals surface area contributed by atoms with Gasteiger partial charge in [0.2, 0.25) is 5.91 Å². The Morgan fingerprint density at radius 1 is 1.52 bits per heavy atom. The van der Waals surface area contributed by atoms with E-state index in [2.05, 4.69) is 10.6 Å². The number of carbonyl (C=O) groups excluding carboxylic acids is 2. The SMILES string of the molecule is CC[C@@H](Oc1cccc(C)c1)C(=O)N[C@@H]1CCC(=O)NC1. The number of nitrogens with one attached hydrogen (secondary N) is 2. The molecule has 0 spiro atoms. The molecule has 1 aliphatic heterocycles. The molecule has 0 aliphatic carbocycles. The van der Waals surface area contributed by atoms with Gasteiger partial charge in [0, 0.05) is 19.0 Å². The van der Waals surface area contributed by atoms with Crippen LogP contribution in [0.1, 0.15) is 31.7 Å². The molecule has 114 valence electrons. The molecule has 1 fully saturated rings. The summed E-state index contributed by atoms with van der Waals surface area (Å²) in [6.45, 7) is 4.40. The highest BCUT2D eigenvalue weighted by Gasteiger charge is 2.24. The topological polar surface area (TPSA) is 67.4 Å². The Balaban J connectivity index is 1.90. The molecular weight excluding hydrogens is 268 g/mol. The summed E-state index contributed by atoms with van der Waals surface area (Å²) < 4.78 is 5.77. The minimum Gasteiger partial charge on any atom is -0.481 e. The van der Waals surface area contributed by atoms with Crippen LogP contribution in [-0.2, 0) is 9.59 Å². The smallest absolute Gasteiger partial charge is 0.261 e. The summed E-state index contributed by atoms with van der Waals surface area (Å²) in [6.07, 6.45) is 1.22. The van der Waals surface area contributed by atoms with E-state index in [0.29, 0.717) is 31.6 Å². The summed E-state index contributed by atoms with van der Waals surface area (Å²) in [5.41, 5.74) is 1.10. The molecule has 0 saturated carbocycles. The monoisotopic (exact) mass is 290 g/mol. The Labute approximate surface area is 125 Å². The van der Waals surface area contributed by atoms with Crippen LogP contribution in [0, 0.1) is 6.92 Å². The lowest BCUT2D eigenvalue weighted by atomic mass is 10.1. The molecule has 1 aliphatic rings. The second-order valence-corrected chi connectivity index (χ2v) is 5.38. The van der Waals surface area contributed by atoms with Gasteiger partial charge in [-0.2, -0.15) is 0 Å². The lowest BCUT2D eigenvalue weighted by Gasteiger charge is -2.26. The van der Waals surface area contributed by atoms with Gasteiger partial charge < -0.3 is 15.4 Å². The fourth-order valence-corrected chi connectivity index (χ4v) is 2.33. The molecule has 2 atom stereocenters. The fraction of sp³-hybridized carbons (Fsp3) is 0.500. The normalized spacial score (nSPS) is 19.5. The van der Waals surface area contributed by atoms with Crippen LogP contribution in [0.4, 0.5) is 0 Å². The number of ether oxygens (including phenoxy) is 1. The lowest BCUT2D eigenvalue weighted by molar-refractivity contribution is -0.130. The average Bonchev–Trinajstić information content (AvgIpc) is 2.47. The highest BCUT2D eigenvalue weighted by Crippen LogP contribution is 2.16. The molecule has 5 heteroatoms. The molecule has 0 bridgehead atoms. The Morgan fingerprint density at radius 2 is 2.33 bits per heavy atom. The zero-order chi connectivity index (χ0) is 15.2. The predicted octanol–water partition coefficient (Wildman–Crippen LogP) is 1.55. The third-order valence-corrected chi connectivity index (χ3v) is 3.54. The van der Waals surface area contributed by atoms with Crippen molar-refractivity contribution in [2.75, 3.05) is 6.54 Å². The van der Waals surface area contributed by atoms with Crippen LogP contribution in [0.5, 0.6) is 5.75 Å². The second-order valence-electron chi connectivity index (χ2n) is 5.38. The molecule has 1 aromatic rings. The zero-order valence-electron chi connectivity index (χ0n) is 12.5. The van der Waals surface area contributed by atoms with Gasteiger partial charge in [0.25, 0.3) is 5.91 Å². The molecule has 1 heterocycles. The largest absolute Gasteiger partial charge is 0.481 e. The van der Waals surface area contributed by atoms with E-state index in [9.17, 15) is 9.59 Å². The molecule has 2 rings (SSSR count). The quantitative estimate of drug-likeness (QED) is 0.864. The summed E-state index contributed by atoms with van der Waals surface area (Å²) >= 11 is 0. The molecule has 1 saturated heterocycles. The van der Waals surface area contributed by atoms with Gasteiger partial charge >= 0.3 is 0 Å². The zero-order valence-corrected chi connectivity index (χ0v) is 12.5. The summed E-state index contributed by atoms with van der Waals surface area (Å²) in [4.78, 5) is 23.4. The van der Waals surface area contributed by atoms with Crippen LogP contribution in [0.2, 0.25) is 0 Å². The van der Waals surface area contributed by atoms with E-state index < -0.39 is 6.10 Å². The first-order valence-corrected chi connectivity index (χ1v) is 7.39. The van der Waals surface area contributed by atoms with Gasteiger partial charge in [0.1, 0.15) is 5.75 Å². The van der Waals surface area contributed by atoms with Crippen molar-refractivity contribution in [2.45, 2.75) is 45.3 Å². The number of benzene rings is 1. The number of hydrogen-bond donors (Lipinski definition) is 2. The number of carbonyl (C=O) groups is 2. The van der Waals surface area contributed by atoms with Crippen LogP contribution in [-0.4, -0.2) is 30.5 Å². The highest BCUT2D eigenvalue weighted by molar-refractivity contribution is 5.82.